The molecule has 0 radical (unpaired) electrons. The van der Waals surface area contributed by atoms with E-state index in [4.69, 9.17) is 5.73 Å². The van der Waals surface area contributed by atoms with Gasteiger partial charge in [0.05, 0.1) is 6.54 Å². The SMILES string of the molecule is I.NC(=NCCN1CCN(C(=O)C2CCC2)CC1)NCCc1ccccc1. The molecule has 0 bridgehead atoms. The van der Waals surface area contributed by atoms with Crippen LogP contribution in [-0.4, -0.2) is 67.5 Å². The summed E-state index contributed by atoms with van der Waals surface area (Å²) in [7, 11) is 0. The Morgan fingerprint density at radius 1 is 1.15 bits per heavy atom. The molecule has 150 valence electrons. The summed E-state index contributed by atoms with van der Waals surface area (Å²) >= 11 is 0. The first-order chi connectivity index (χ1) is 12.7. The average molecular weight is 485 g/mol. The number of rotatable bonds is 7. The van der Waals surface area contributed by atoms with Crippen LogP contribution in [0.1, 0.15) is 24.8 Å². The van der Waals surface area contributed by atoms with Crippen molar-refractivity contribution in [1.82, 2.24) is 15.1 Å². The summed E-state index contributed by atoms with van der Waals surface area (Å²) in [5.41, 5.74) is 7.23. The molecule has 3 rings (SSSR count). The Labute approximate surface area is 179 Å². The molecular weight excluding hydrogens is 453 g/mol. The lowest BCUT2D eigenvalue weighted by Gasteiger charge is -2.38. The highest BCUT2D eigenvalue weighted by atomic mass is 127. The van der Waals surface area contributed by atoms with Crippen molar-refractivity contribution in [2.45, 2.75) is 25.7 Å². The molecule has 1 aliphatic carbocycles. The number of aliphatic imine (C=N–C) groups is 1. The van der Waals surface area contributed by atoms with Crippen LogP contribution in [0.25, 0.3) is 0 Å². The number of nitrogens with two attached hydrogens (primary N) is 1. The number of benzene rings is 1. The summed E-state index contributed by atoms with van der Waals surface area (Å²) in [6, 6.07) is 10.4. The van der Waals surface area contributed by atoms with Crippen molar-refractivity contribution in [1.29, 1.82) is 0 Å². The second kappa shape index (κ2) is 11.5. The topological polar surface area (TPSA) is 74.0 Å². The van der Waals surface area contributed by atoms with Gasteiger partial charge in [-0.1, -0.05) is 36.8 Å². The number of amides is 1. The summed E-state index contributed by atoms with van der Waals surface area (Å²) < 4.78 is 0. The largest absolute Gasteiger partial charge is 0.370 e. The van der Waals surface area contributed by atoms with Gasteiger partial charge in [0.2, 0.25) is 5.91 Å². The first-order valence-corrected chi connectivity index (χ1v) is 9.81. The molecule has 0 unspecified atom stereocenters. The first-order valence-electron chi connectivity index (χ1n) is 9.81. The van der Waals surface area contributed by atoms with Gasteiger partial charge in [-0.3, -0.25) is 14.7 Å². The molecule has 1 heterocycles. The maximum atomic E-state index is 12.3. The van der Waals surface area contributed by atoms with Gasteiger partial charge in [0.25, 0.3) is 0 Å². The number of guanidine groups is 1. The minimum absolute atomic E-state index is 0. The number of carbonyl (C=O) groups is 1. The van der Waals surface area contributed by atoms with E-state index in [9.17, 15) is 4.79 Å². The molecule has 2 aliphatic rings. The van der Waals surface area contributed by atoms with E-state index in [-0.39, 0.29) is 24.0 Å². The first kappa shape index (κ1) is 21.9. The summed E-state index contributed by atoms with van der Waals surface area (Å²) in [6.45, 7) is 5.97. The Morgan fingerprint density at radius 2 is 1.85 bits per heavy atom. The van der Waals surface area contributed by atoms with Crippen molar-refractivity contribution in [3.05, 3.63) is 35.9 Å². The summed E-state index contributed by atoms with van der Waals surface area (Å²) in [4.78, 5) is 21.1. The van der Waals surface area contributed by atoms with Crippen LogP contribution in [0.15, 0.2) is 35.3 Å². The van der Waals surface area contributed by atoms with E-state index in [0.717, 1.165) is 58.5 Å². The van der Waals surface area contributed by atoms with Crippen molar-refractivity contribution in [2.75, 3.05) is 45.8 Å². The smallest absolute Gasteiger partial charge is 0.225 e. The van der Waals surface area contributed by atoms with Gasteiger partial charge in [-0.2, -0.15) is 0 Å². The molecule has 0 spiro atoms. The van der Waals surface area contributed by atoms with Gasteiger partial charge in [-0.05, 0) is 24.8 Å². The number of halogens is 1. The highest BCUT2D eigenvalue weighted by Crippen LogP contribution is 2.28. The molecule has 2 fully saturated rings. The van der Waals surface area contributed by atoms with Gasteiger partial charge in [0.15, 0.2) is 5.96 Å². The third-order valence-electron chi connectivity index (χ3n) is 5.40. The zero-order valence-electron chi connectivity index (χ0n) is 16.0. The number of hydrogen-bond acceptors (Lipinski definition) is 3. The molecule has 1 aromatic carbocycles. The van der Waals surface area contributed by atoms with Crippen molar-refractivity contribution in [3.63, 3.8) is 0 Å². The zero-order valence-corrected chi connectivity index (χ0v) is 18.3. The van der Waals surface area contributed by atoms with Crippen LogP contribution in [0.3, 0.4) is 0 Å². The predicted molar refractivity (Wildman–Crippen MR) is 120 cm³/mol. The van der Waals surface area contributed by atoms with Gasteiger partial charge in [0.1, 0.15) is 0 Å². The van der Waals surface area contributed by atoms with E-state index < -0.39 is 0 Å². The molecular formula is C20H32IN5O. The monoisotopic (exact) mass is 485 g/mol. The average Bonchev–Trinajstić information content (AvgIpc) is 2.62. The molecule has 0 aromatic heterocycles. The second-order valence-electron chi connectivity index (χ2n) is 7.22. The van der Waals surface area contributed by atoms with Crippen molar-refractivity contribution >= 4 is 35.8 Å². The Kier molecular flexibility index (Phi) is 9.33. The van der Waals surface area contributed by atoms with Crippen molar-refractivity contribution < 1.29 is 4.79 Å². The van der Waals surface area contributed by atoms with E-state index in [1.165, 1.54) is 12.0 Å². The van der Waals surface area contributed by atoms with Crippen LogP contribution < -0.4 is 11.1 Å². The molecule has 6 nitrogen and oxygen atoms in total. The quantitative estimate of drug-likeness (QED) is 0.351. The Hall–Kier alpha value is -1.35. The molecule has 1 saturated carbocycles. The Balaban J connectivity index is 0.00000261. The number of piperazine rings is 1. The summed E-state index contributed by atoms with van der Waals surface area (Å²) in [5.74, 6) is 1.20. The van der Waals surface area contributed by atoms with Gasteiger partial charge in [-0.15, -0.1) is 24.0 Å². The number of nitrogens with one attached hydrogen (secondary N) is 1. The maximum Gasteiger partial charge on any atom is 0.225 e. The molecule has 1 saturated heterocycles. The fourth-order valence-electron chi connectivity index (χ4n) is 3.45. The summed E-state index contributed by atoms with van der Waals surface area (Å²) in [5, 5.41) is 3.17. The van der Waals surface area contributed by atoms with E-state index in [1.807, 2.05) is 23.1 Å². The predicted octanol–water partition coefficient (Wildman–Crippen LogP) is 1.70. The molecule has 3 N–H and O–H groups in total. The highest BCUT2D eigenvalue weighted by molar-refractivity contribution is 14.0. The molecule has 0 atom stereocenters. The lowest BCUT2D eigenvalue weighted by molar-refractivity contribution is -0.139. The van der Waals surface area contributed by atoms with E-state index in [0.29, 0.717) is 24.3 Å². The van der Waals surface area contributed by atoms with Crippen LogP contribution in [0.4, 0.5) is 0 Å². The third-order valence-corrected chi connectivity index (χ3v) is 5.40. The van der Waals surface area contributed by atoms with Gasteiger partial charge >= 0.3 is 0 Å². The number of hydrogen-bond donors (Lipinski definition) is 2. The van der Waals surface area contributed by atoms with Crippen LogP contribution in [-0.2, 0) is 11.2 Å². The van der Waals surface area contributed by atoms with E-state index >= 15 is 0 Å². The Bertz CT molecular complexity index is 598. The lowest BCUT2D eigenvalue weighted by Crippen LogP contribution is -2.51. The van der Waals surface area contributed by atoms with Gasteiger partial charge in [0, 0.05) is 45.2 Å². The van der Waals surface area contributed by atoms with Crippen LogP contribution in [0.5, 0.6) is 0 Å². The Morgan fingerprint density at radius 3 is 2.48 bits per heavy atom. The van der Waals surface area contributed by atoms with Gasteiger partial charge < -0.3 is 16.0 Å². The molecule has 27 heavy (non-hydrogen) atoms. The van der Waals surface area contributed by atoms with Crippen LogP contribution in [0, 0.1) is 5.92 Å². The standard InChI is InChI=1S/C20H31N5O.HI/c21-20(22-10-9-17-5-2-1-3-6-17)23-11-12-24-13-15-25(16-14-24)19(26)18-7-4-8-18;/h1-3,5-6,18H,4,7-16H2,(H3,21,22,23);1H. The van der Waals surface area contributed by atoms with Crippen LogP contribution >= 0.6 is 24.0 Å². The summed E-state index contributed by atoms with van der Waals surface area (Å²) in [6.07, 6.45) is 4.33. The minimum Gasteiger partial charge on any atom is -0.370 e. The second-order valence-corrected chi connectivity index (χ2v) is 7.22. The molecule has 1 aliphatic heterocycles. The minimum atomic E-state index is 0. The zero-order chi connectivity index (χ0) is 18.2. The molecule has 7 heteroatoms. The fourth-order valence-corrected chi connectivity index (χ4v) is 3.45. The lowest BCUT2D eigenvalue weighted by atomic mass is 9.84. The van der Waals surface area contributed by atoms with Crippen molar-refractivity contribution in [3.8, 4) is 0 Å². The number of carbonyl (C=O) groups excluding carboxylic acids is 1. The van der Waals surface area contributed by atoms with E-state index in [1.54, 1.807) is 0 Å². The molecule has 1 aromatic rings. The van der Waals surface area contributed by atoms with Crippen molar-refractivity contribution in [2.24, 2.45) is 16.6 Å². The number of nitrogens with zero attached hydrogens (tertiary/aromatic N) is 3. The highest BCUT2D eigenvalue weighted by Gasteiger charge is 2.30. The maximum absolute atomic E-state index is 12.3. The molecule has 1 amide bonds. The van der Waals surface area contributed by atoms with E-state index in [2.05, 4.69) is 27.3 Å². The normalized spacial score (nSPS) is 18.5. The van der Waals surface area contributed by atoms with Crippen LogP contribution in [0.2, 0.25) is 0 Å². The third kappa shape index (κ3) is 6.95. The fraction of sp³-hybridized carbons (Fsp3) is 0.600. The van der Waals surface area contributed by atoms with Gasteiger partial charge in [-0.25, -0.2) is 0 Å².